The number of nitrogens with one attached hydrogen (secondary N) is 1. The molecule has 11 nitrogen and oxygen atoms in total. The number of carbonyl (C=O) groups excluding carboxylic acids is 2. The van der Waals surface area contributed by atoms with Crippen LogP contribution in [0, 0.1) is 0 Å². The van der Waals surface area contributed by atoms with E-state index in [0.29, 0.717) is 19.3 Å². The van der Waals surface area contributed by atoms with Gasteiger partial charge in [-0.2, -0.15) is 0 Å². The molecule has 1 heterocycles. The first-order valence-electron chi connectivity index (χ1n) is 28.8. The SMILES string of the molecule is CC/C=C/C/C=C/CCCCCCCCCC(=O)OC1C(OCC(NC(=O)C(O)CCCCCCCCCCCCCCC)C(O)/C=C/CCCCCCCCCCCCC)OC(CO)C(O)C1O. The third-order valence-corrected chi connectivity index (χ3v) is 13.6. The number of hydrogen-bond donors (Lipinski definition) is 6. The number of hydrogen-bond acceptors (Lipinski definition) is 10. The first-order chi connectivity index (χ1) is 33.7. The normalized spacial score (nSPS) is 20.0. The number of esters is 1. The van der Waals surface area contributed by atoms with Gasteiger partial charge in [-0.05, 0) is 51.4 Å². The zero-order chi connectivity index (χ0) is 50.4. The molecule has 8 atom stereocenters. The molecule has 1 rings (SSSR count). The fourth-order valence-corrected chi connectivity index (χ4v) is 8.98. The van der Waals surface area contributed by atoms with Gasteiger partial charge >= 0.3 is 5.97 Å². The third-order valence-electron chi connectivity index (χ3n) is 13.6. The van der Waals surface area contributed by atoms with Gasteiger partial charge in [0.1, 0.15) is 24.4 Å². The first-order valence-corrected chi connectivity index (χ1v) is 28.8. The van der Waals surface area contributed by atoms with Gasteiger partial charge in [0.05, 0.1) is 25.4 Å². The maximum atomic E-state index is 13.4. The van der Waals surface area contributed by atoms with Crippen molar-refractivity contribution >= 4 is 11.9 Å². The Labute approximate surface area is 422 Å². The Bertz CT molecular complexity index is 1260. The van der Waals surface area contributed by atoms with Crippen molar-refractivity contribution in [2.45, 2.75) is 307 Å². The van der Waals surface area contributed by atoms with Gasteiger partial charge in [0.15, 0.2) is 12.4 Å². The van der Waals surface area contributed by atoms with Crippen LogP contribution in [0.5, 0.6) is 0 Å². The Hall–Kier alpha value is -2.12. The van der Waals surface area contributed by atoms with E-state index in [2.05, 4.69) is 50.4 Å². The number of rotatable bonds is 48. The molecular weight excluding hydrogens is 871 g/mol. The van der Waals surface area contributed by atoms with Crippen LogP contribution in [0.25, 0.3) is 0 Å². The van der Waals surface area contributed by atoms with E-state index in [1.807, 2.05) is 6.08 Å². The minimum Gasteiger partial charge on any atom is -0.454 e. The summed E-state index contributed by atoms with van der Waals surface area (Å²) in [6, 6.07) is -1.02. The lowest BCUT2D eigenvalue weighted by Crippen LogP contribution is -2.61. The Morgan fingerprint density at radius 2 is 1.04 bits per heavy atom. The fraction of sp³-hybridized carbons (Fsp3) is 0.862. The first kappa shape index (κ1) is 64.9. The summed E-state index contributed by atoms with van der Waals surface area (Å²) in [4.78, 5) is 26.4. The van der Waals surface area contributed by atoms with Gasteiger partial charge in [0, 0.05) is 6.42 Å². The number of allylic oxidation sites excluding steroid dienone is 5. The molecule has 0 bridgehead atoms. The van der Waals surface area contributed by atoms with Crippen molar-refractivity contribution in [1.82, 2.24) is 5.32 Å². The van der Waals surface area contributed by atoms with Crippen LogP contribution in [0.3, 0.4) is 0 Å². The van der Waals surface area contributed by atoms with Gasteiger partial charge in [-0.3, -0.25) is 9.59 Å². The average molecular weight is 978 g/mol. The minimum absolute atomic E-state index is 0.116. The molecule has 1 saturated heterocycles. The van der Waals surface area contributed by atoms with E-state index < -0.39 is 67.4 Å². The Morgan fingerprint density at radius 3 is 1.55 bits per heavy atom. The molecule has 0 spiro atoms. The summed E-state index contributed by atoms with van der Waals surface area (Å²) in [6.45, 7) is 5.68. The molecular formula is C58H107NO10. The topological polar surface area (TPSA) is 175 Å². The lowest BCUT2D eigenvalue weighted by molar-refractivity contribution is -0.305. The van der Waals surface area contributed by atoms with E-state index in [9.17, 15) is 35.1 Å². The Kier molecular flexibility index (Phi) is 44.1. The molecule has 0 aromatic heterocycles. The second kappa shape index (κ2) is 46.9. The summed E-state index contributed by atoms with van der Waals surface area (Å²) >= 11 is 0. The number of aliphatic hydroxyl groups is 5. The van der Waals surface area contributed by atoms with Gasteiger partial charge in [0.25, 0.3) is 0 Å². The highest BCUT2D eigenvalue weighted by molar-refractivity contribution is 5.80. The molecule has 69 heavy (non-hydrogen) atoms. The standard InChI is InChI=1S/C58H107NO10/c1-4-7-10-13-16-19-22-25-28-31-34-37-40-43-46-53(63)69-56-55(65)54(64)52(47-60)68-58(56)67-48-49(50(61)44-41-38-35-32-29-26-23-20-17-14-11-8-5-2)59-57(66)51(62)45-42-39-36-33-30-27-24-21-18-15-12-9-6-3/h7,10,16,19,41,44,49-52,54-56,58,60-62,64-65H,4-6,8-9,11-15,17-18,20-40,42-43,45-48H2,1-3H3,(H,59,66)/b10-7+,19-16+,44-41+. The lowest BCUT2D eigenvalue weighted by atomic mass is 9.99. The van der Waals surface area contributed by atoms with E-state index in [4.69, 9.17) is 14.2 Å². The van der Waals surface area contributed by atoms with Crippen molar-refractivity contribution < 1.29 is 49.3 Å². The fourth-order valence-electron chi connectivity index (χ4n) is 8.98. The highest BCUT2D eigenvalue weighted by Crippen LogP contribution is 2.26. The number of aliphatic hydroxyl groups excluding tert-OH is 5. The van der Waals surface area contributed by atoms with Crippen molar-refractivity contribution in [3.8, 4) is 0 Å². The summed E-state index contributed by atoms with van der Waals surface area (Å²) < 4.78 is 17.6. The monoisotopic (exact) mass is 978 g/mol. The summed E-state index contributed by atoms with van der Waals surface area (Å²) in [6.07, 6.45) is 43.3. The molecule has 1 amide bonds. The predicted octanol–water partition coefficient (Wildman–Crippen LogP) is 12.7. The number of amides is 1. The molecule has 404 valence electrons. The molecule has 11 heteroatoms. The molecule has 0 saturated carbocycles. The molecule has 8 unspecified atom stereocenters. The molecule has 0 aromatic rings. The molecule has 1 fully saturated rings. The maximum absolute atomic E-state index is 13.4. The van der Waals surface area contributed by atoms with E-state index in [1.165, 1.54) is 128 Å². The zero-order valence-electron chi connectivity index (χ0n) is 44.4. The molecule has 6 N–H and O–H groups in total. The molecule has 0 aliphatic carbocycles. The maximum Gasteiger partial charge on any atom is 0.306 e. The quantitative estimate of drug-likeness (QED) is 0.0196. The zero-order valence-corrected chi connectivity index (χ0v) is 44.4. The molecule has 0 aromatic carbocycles. The Balaban J connectivity index is 2.74. The van der Waals surface area contributed by atoms with Crippen molar-refractivity contribution in [3.05, 3.63) is 36.5 Å². The van der Waals surface area contributed by atoms with Crippen LogP contribution in [0.15, 0.2) is 36.5 Å². The average Bonchev–Trinajstić information content (AvgIpc) is 3.34. The predicted molar refractivity (Wildman–Crippen MR) is 283 cm³/mol. The summed E-state index contributed by atoms with van der Waals surface area (Å²) in [5.41, 5.74) is 0. The number of unbranched alkanes of at least 4 members (excludes halogenated alkanes) is 30. The largest absolute Gasteiger partial charge is 0.454 e. The second-order valence-corrected chi connectivity index (χ2v) is 20.0. The van der Waals surface area contributed by atoms with Crippen LogP contribution < -0.4 is 5.32 Å². The third kappa shape index (κ3) is 35.6. The van der Waals surface area contributed by atoms with Gasteiger partial charge in [0.2, 0.25) is 5.91 Å². The summed E-state index contributed by atoms with van der Waals surface area (Å²) in [5.74, 6) is -1.20. The van der Waals surface area contributed by atoms with E-state index >= 15 is 0 Å². The molecule has 0 radical (unpaired) electrons. The molecule has 1 aliphatic rings. The number of ether oxygens (including phenoxy) is 3. The minimum atomic E-state index is -1.61. The van der Waals surface area contributed by atoms with Crippen LogP contribution in [0.2, 0.25) is 0 Å². The highest BCUT2D eigenvalue weighted by Gasteiger charge is 2.47. The van der Waals surface area contributed by atoms with Crippen molar-refractivity contribution in [2.75, 3.05) is 13.2 Å². The van der Waals surface area contributed by atoms with Gasteiger partial charge < -0.3 is 45.1 Å². The van der Waals surface area contributed by atoms with Crippen molar-refractivity contribution in [1.29, 1.82) is 0 Å². The van der Waals surface area contributed by atoms with Gasteiger partial charge in [-0.1, -0.05) is 237 Å². The summed E-state index contributed by atoms with van der Waals surface area (Å²) in [5, 5.41) is 56.8. The smallest absolute Gasteiger partial charge is 0.306 e. The summed E-state index contributed by atoms with van der Waals surface area (Å²) in [7, 11) is 0. The number of carbonyl (C=O) groups is 2. The molecule has 1 aliphatic heterocycles. The van der Waals surface area contributed by atoms with E-state index in [-0.39, 0.29) is 13.0 Å². The van der Waals surface area contributed by atoms with E-state index in [0.717, 1.165) is 83.5 Å². The lowest BCUT2D eigenvalue weighted by Gasteiger charge is -2.41. The van der Waals surface area contributed by atoms with Crippen LogP contribution in [0.4, 0.5) is 0 Å². The second-order valence-electron chi connectivity index (χ2n) is 20.0. The van der Waals surface area contributed by atoms with Crippen molar-refractivity contribution in [3.63, 3.8) is 0 Å². The Morgan fingerprint density at radius 1 is 0.580 bits per heavy atom. The van der Waals surface area contributed by atoms with Crippen LogP contribution in [0.1, 0.15) is 258 Å². The van der Waals surface area contributed by atoms with Crippen molar-refractivity contribution in [2.24, 2.45) is 0 Å². The van der Waals surface area contributed by atoms with Crippen LogP contribution >= 0.6 is 0 Å². The highest BCUT2D eigenvalue weighted by atomic mass is 16.7. The van der Waals surface area contributed by atoms with E-state index in [1.54, 1.807) is 6.08 Å². The van der Waals surface area contributed by atoms with Crippen LogP contribution in [-0.4, -0.2) is 99.6 Å². The van der Waals surface area contributed by atoms with Gasteiger partial charge in [-0.25, -0.2) is 0 Å². The van der Waals surface area contributed by atoms with Crippen LogP contribution in [-0.2, 0) is 23.8 Å². The van der Waals surface area contributed by atoms with Gasteiger partial charge in [-0.15, -0.1) is 0 Å².